The van der Waals surface area contributed by atoms with Crippen LogP contribution >= 0.6 is 11.3 Å². The minimum absolute atomic E-state index is 0.0363. The number of rotatable bonds is 6. The second-order valence-corrected chi connectivity index (χ2v) is 5.99. The molecule has 0 unspecified atom stereocenters. The molecule has 0 radical (unpaired) electrons. The standard InChI is InChI=1S/C15H19N3O2S/c1-3-4-5-6-13-17-18-15(21-13)16-14(20)11-9-10(2)7-8-12(11)19/h7-9,19H,3-6H2,1-2H3,(H,16,18,20). The molecule has 0 aliphatic carbocycles. The Hall–Kier alpha value is -1.95. The van der Waals surface area contributed by atoms with E-state index in [-0.39, 0.29) is 17.2 Å². The third kappa shape index (κ3) is 4.26. The van der Waals surface area contributed by atoms with E-state index < -0.39 is 0 Å². The molecule has 0 saturated carbocycles. The van der Waals surface area contributed by atoms with Gasteiger partial charge in [-0.2, -0.15) is 0 Å². The number of aromatic hydroxyl groups is 1. The van der Waals surface area contributed by atoms with E-state index in [9.17, 15) is 9.90 Å². The van der Waals surface area contributed by atoms with Crippen LogP contribution in [0.15, 0.2) is 18.2 Å². The molecule has 1 amide bonds. The van der Waals surface area contributed by atoms with Gasteiger partial charge in [0.1, 0.15) is 10.8 Å². The van der Waals surface area contributed by atoms with Gasteiger partial charge in [-0.15, -0.1) is 10.2 Å². The predicted octanol–water partition coefficient (Wildman–Crippen LogP) is 3.54. The van der Waals surface area contributed by atoms with Crippen LogP contribution in [0.1, 0.15) is 47.1 Å². The number of hydrogen-bond donors (Lipinski definition) is 2. The van der Waals surface area contributed by atoms with Crippen molar-refractivity contribution in [2.75, 3.05) is 5.32 Å². The Morgan fingerprint density at radius 2 is 2.14 bits per heavy atom. The highest BCUT2D eigenvalue weighted by molar-refractivity contribution is 7.15. The summed E-state index contributed by atoms with van der Waals surface area (Å²) in [5.41, 5.74) is 1.16. The summed E-state index contributed by atoms with van der Waals surface area (Å²) in [5, 5.41) is 21.8. The molecule has 0 bridgehead atoms. The van der Waals surface area contributed by atoms with E-state index in [0.29, 0.717) is 5.13 Å². The van der Waals surface area contributed by atoms with Gasteiger partial charge in [0, 0.05) is 6.42 Å². The highest BCUT2D eigenvalue weighted by atomic mass is 32.1. The van der Waals surface area contributed by atoms with Crippen LogP contribution in [0.4, 0.5) is 5.13 Å². The molecule has 0 fully saturated rings. The van der Waals surface area contributed by atoms with Crippen molar-refractivity contribution >= 4 is 22.4 Å². The van der Waals surface area contributed by atoms with Crippen molar-refractivity contribution in [3.63, 3.8) is 0 Å². The van der Waals surface area contributed by atoms with Gasteiger partial charge in [0.15, 0.2) is 0 Å². The van der Waals surface area contributed by atoms with Crippen molar-refractivity contribution in [3.8, 4) is 5.75 Å². The minimum Gasteiger partial charge on any atom is -0.507 e. The summed E-state index contributed by atoms with van der Waals surface area (Å²) in [6.07, 6.45) is 4.29. The SMILES string of the molecule is CCCCCc1nnc(NC(=O)c2cc(C)ccc2O)s1. The predicted molar refractivity (Wildman–Crippen MR) is 83.9 cm³/mol. The summed E-state index contributed by atoms with van der Waals surface area (Å²) in [7, 11) is 0. The molecule has 1 aromatic heterocycles. The molecule has 0 atom stereocenters. The smallest absolute Gasteiger partial charge is 0.261 e. The number of nitrogens with one attached hydrogen (secondary N) is 1. The monoisotopic (exact) mass is 305 g/mol. The zero-order valence-corrected chi connectivity index (χ0v) is 13.0. The summed E-state index contributed by atoms with van der Waals surface area (Å²) in [6.45, 7) is 4.02. The number of aryl methyl sites for hydroxylation is 2. The van der Waals surface area contributed by atoms with Gasteiger partial charge >= 0.3 is 0 Å². The van der Waals surface area contributed by atoms with Crippen LogP contribution in [-0.4, -0.2) is 21.2 Å². The highest BCUT2D eigenvalue weighted by Gasteiger charge is 2.14. The summed E-state index contributed by atoms with van der Waals surface area (Å²) in [6, 6.07) is 4.91. The fraction of sp³-hybridized carbons (Fsp3) is 0.400. The van der Waals surface area contributed by atoms with Crippen LogP contribution < -0.4 is 5.32 Å². The molecule has 1 aromatic carbocycles. The largest absolute Gasteiger partial charge is 0.507 e. The maximum Gasteiger partial charge on any atom is 0.261 e. The number of benzene rings is 1. The first-order valence-electron chi connectivity index (χ1n) is 7.03. The molecule has 0 aliphatic heterocycles. The Balaban J connectivity index is 2.01. The van der Waals surface area contributed by atoms with E-state index in [1.807, 2.05) is 6.92 Å². The molecule has 1 heterocycles. The number of carbonyl (C=O) groups excluding carboxylic acids is 1. The number of carbonyl (C=O) groups is 1. The van der Waals surface area contributed by atoms with Crippen molar-refractivity contribution in [2.24, 2.45) is 0 Å². The fourth-order valence-corrected chi connectivity index (χ4v) is 2.70. The molecule has 5 nitrogen and oxygen atoms in total. The van der Waals surface area contributed by atoms with Crippen LogP contribution in [0.5, 0.6) is 5.75 Å². The Morgan fingerprint density at radius 3 is 2.90 bits per heavy atom. The molecule has 0 saturated heterocycles. The van der Waals surface area contributed by atoms with Gasteiger partial charge < -0.3 is 5.11 Å². The summed E-state index contributed by atoms with van der Waals surface area (Å²) >= 11 is 1.38. The fourth-order valence-electron chi connectivity index (χ4n) is 1.93. The summed E-state index contributed by atoms with van der Waals surface area (Å²) < 4.78 is 0. The van der Waals surface area contributed by atoms with E-state index in [1.54, 1.807) is 12.1 Å². The topological polar surface area (TPSA) is 75.1 Å². The summed E-state index contributed by atoms with van der Waals surface area (Å²) in [5.74, 6) is -0.404. The average molecular weight is 305 g/mol. The molecule has 21 heavy (non-hydrogen) atoms. The maximum absolute atomic E-state index is 12.1. The molecule has 2 N–H and O–H groups in total. The van der Waals surface area contributed by atoms with Crippen LogP contribution in [0, 0.1) is 6.92 Å². The highest BCUT2D eigenvalue weighted by Crippen LogP contribution is 2.22. The van der Waals surface area contributed by atoms with Gasteiger partial charge in [0.25, 0.3) is 5.91 Å². The number of anilines is 1. The van der Waals surface area contributed by atoms with Gasteiger partial charge in [-0.3, -0.25) is 10.1 Å². The van der Waals surface area contributed by atoms with E-state index in [4.69, 9.17) is 0 Å². The number of phenolic OH excluding ortho intramolecular Hbond substituents is 1. The van der Waals surface area contributed by atoms with Gasteiger partial charge in [-0.05, 0) is 25.5 Å². The van der Waals surface area contributed by atoms with E-state index >= 15 is 0 Å². The lowest BCUT2D eigenvalue weighted by Crippen LogP contribution is -2.12. The molecular formula is C15H19N3O2S. The first-order chi connectivity index (χ1) is 10.1. The van der Waals surface area contributed by atoms with E-state index in [0.717, 1.165) is 29.8 Å². The van der Waals surface area contributed by atoms with Gasteiger partial charge in [0.2, 0.25) is 5.13 Å². The lowest BCUT2D eigenvalue weighted by atomic mass is 10.1. The number of hydrogen-bond acceptors (Lipinski definition) is 5. The van der Waals surface area contributed by atoms with Gasteiger partial charge in [-0.25, -0.2) is 0 Å². The minimum atomic E-state index is -0.368. The second-order valence-electron chi connectivity index (χ2n) is 4.93. The van der Waals surface area contributed by atoms with Crippen LogP contribution in [-0.2, 0) is 6.42 Å². The molecule has 2 rings (SSSR count). The molecule has 0 aliphatic rings. The zero-order valence-electron chi connectivity index (χ0n) is 12.2. The van der Waals surface area contributed by atoms with Crippen LogP contribution in [0.3, 0.4) is 0 Å². The third-order valence-electron chi connectivity index (χ3n) is 3.08. The first-order valence-corrected chi connectivity index (χ1v) is 7.85. The van der Waals surface area contributed by atoms with Crippen molar-refractivity contribution in [3.05, 3.63) is 34.3 Å². The molecule has 112 valence electrons. The number of unbranched alkanes of at least 4 members (excludes halogenated alkanes) is 2. The molecule has 0 spiro atoms. The van der Waals surface area contributed by atoms with E-state index in [1.165, 1.54) is 23.8 Å². The van der Waals surface area contributed by atoms with Crippen LogP contribution in [0.2, 0.25) is 0 Å². The Morgan fingerprint density at radius 1 is 1.33 bits per heavy atom. The number of nitrogens with zero attached hydrogens (tertiary/aromatic N) is 2. The molecule has 2 aromatic rings. The van der Waals surface area contributed by atoms with Crippen molar-refractivity contribution in [1.29, 1.82) is 0 Å². The molecular weight excluding hydrogens is 286 g/mol. The van der Waals surface area contributed by atoms with Gasteiger partial charge in [0.05, 0.1) is 5.56 Å². The number of amides is 1. The third-order valence-corrected chi connectivity index (χ3v) is 3.98. The Bertz CT molecular complexity index is 625. The normalized spacial score (nSPS) is 10.6. The van der Waals surface area contributed by atoms with E-state index in [2.05, 4.69) is 22.4 Å². The number of phenols is 1. The van der Waals surface area contributed by atoms with Gasteiger partial charge in [-0.1, -0.05) is 42.7 Å². The van der Waals surface area contributed by atoms with Crippen molar-refractivity contribution in [2.45, 2.75) is 39.5 Å². The first kappa shape index (κ1) is 15.4. The Kier molecular flexibility index (Phi) is 5.27. The Labute approximate surface area is 128 Å². The lowest BCUT2D eigenvalue weighted by molar-refractivity contribution is 0.102. The lowest BCUT2D eigenvalue weighted by Gasteiger charge is -2.04. The van der Waals surface area contributed by atoms with Crippen molar-refractivity contribution in [1.82, 2.24) is 10.2 Å². The van der Waals surface area contributed by atoms with Crippen LogP contribution in [0.25, 0.3) is 0 Å². The van der Waals surface area contributed by atoms with Crippen molar-refractivity contribution < 1.29 is 9.90 Å². The average Bonchev–Trinajstić information content (AvgIpc) is 2.89. The maximum atomic E-state index is 12.1. The molecule has 6 heteroatoms. The quantitative estimate of drug-likeness (QED) is 0.800. The number of aromatic nitrogens is 2. The zero-order chi connectivity index (χ0) is 15.2. The second kappa shape index (κ2) is 7.17. The summed E-state index contributed by atoms with van der Waals surface area (Å²) in [4.78, 5) is 12.1.